The molecule has 10 heteroatoms. The van der Waals surface area contributed by atoms with Crippen molar-refractivity contribution >= 4 is 23.2 Å². The van der Waals surface area contributed by atoms with E-state index in [0.717, 1.165) is 24.8 Å². The number of carbonyl (C=O) groups excluding carboxylic acids is 1. The van der Waals surface area contributed by atoms with Gasteiger partial charge in [-0.25, -0.2) is 9.78 Å². The Hall–Kier alpha value is -3.95. The maximum absolute atomic E-state index is 12.9. The highest BCUT2D eigenvalue weighted by Gasteiger charge is 2.43. The Morgan fingerprint density at radius 3 is 2.62 bits per heavy atom. The summed E-state index contributed by atoms with van der Waals surface area (Å²) in [4.78, 5) is 52.9. The number of hydrogen-bond acceptors (Lipinski definition) is 7. The Labute approximate surface area is 196 Å². The predicted molar refractivity (Wildman–Crippen MR) is 129 cm³/mol. The minimum absolute atomic E-state index is 0.169. The van der Waals surface area contributed by atoms with Crippen LogP contribution in [0.15, 0.2) is 52.4 Å². The second-order valence-corrected chi connectivity index (χ2v) is 8.54. The summed E-state index contributed by atoms with van der Waals surface area (Å²) in [7, 11) is 0. The normalized spacial score (nSPS) is 16.8. The van der Waals surface area contributed by atoms with Crippen molar-refractivity contribution in [1.29, 1.82) is 0 Å². The van der Waals surface area contributed by atoms with Crippen molar-refractivity contribution in [3.63, 3.8) is 0 Å². The fourth-order valence-electron chi connectivity index (χ4n) is 4.47. The third-order valence-corrected chi connectivity index (χ3v) is 6.20. The topological polar surface area (TPSA) is 116 Å². The molecule has 2 N–H and O–H groups in total. The highest BCUT2D eigenvalue weighted by atomic mass is 16.2. The number of pyridine rings is 2. The van der Waals surface area contributed by atoms with Crippen LogP contribution in [-0.4, -0.2) is 38.0 Å². The molecule has 1 fully saturated rings. The van der Waals surface area contributed by atoms with E-state index in [2.05, 4.69) is 25.2 Å². The molecule has 176 valence electrons. The van der Waals surface area contributed by atoms with E-state index in [9.17, 15) is 14.4 Å². The molecule has 0 saturated heterocycles. The number of amides is 1. The minimum atomic E-state index is -0.413. The van der Waals surface area contributed by atoms with Crippen LogP contribution in [0, 0.1) is 0 Å². The third kappa shape index (κ3) is 3.74. The summed E-state index contributed by atoms with van der Waals surface area (Å²) in [5.41, 5.74) is 0.961. The maximum atomic E-state index is 12.9. The third-order valence-electron chi connectivity index (χ3n) is 6.20. The number of aromatic nitrogens is 4. The summed E-state index contributed by atoms with van der Waals surface area (Å²) in [6, 6.07) is 7.44. The van der Waals surface area contributed by atoms with Gasteiger partial charge < -0.3 is 10.2 Å². The maximum Gasteiger partial charge on any atom is 0.330 e. The van der Waals surface area contributed by atoms with Crippen molar-refractivity contribution in [2.75, 3.05) is 21.7 Å². The van der Waals surface area contributed by atoms with Crippen LogP contribution in [0.4, 0.5) is 17.3 Å². The molecule has 0 radical (unpaired) electrons. The lowest BCUT2D eigenvalue weighted by molar-refractivity contribution is 0.0987. The molecule has 10 nitrogen and oxygen atoms in total. The number of carbonyl (C=O) groups is 1. The van der Waals surface area contributed by atoms with Gasteiger partial charge in [0.1, 0.15) is 23.5 Å². The zero-order chi connectivity index (χ0) is 23.8. The van der Waals surface area contributed by atoms with Crippen LogP contribution in [0.2, 0.25) is 0 Å². The molecule has 3 aromatic heterocycles. The number of anilines is 3. The van der Waals surface area contributed by atoms with Crippen molar-refractivity contribution in [2.24, 2.45) is 0 Å². The monoisotopic (exact) mass is 461 g/mol. The first kappa shape index (κ1) is 21.9. The van der Waals surface area contributed by atoms with E-state index < -0.39 is 5.56 Å². The average Bonchev–Trinajstić information content (AvgIpc) is 3.62. The van der Waals surface area contributed by atoms with E-state index in [4.69, 9.17) is 0 Å². The number of rotatable bonds is 7. The average molecular weight is 462 g/mol. The smallest absolute Gasteiger partial charge is 0.330 e. The van der Waals surface area contributed by atoms with E-state index in [1.807, 2.05) is 26.0 Å². The molecule has 0 aromatic carbocycles. The van der Waals surface area contributed by atoms with Gasteiger partial charge in [0.05, 0.1) is 5.56 Å². The zero-order valence-corrected chi connectivity index (χ0v) is 19.2. The Kier molecular flexibility index (Phi) is 5.64. The van der Waals surface area contributed by atoms with Crippen LogP contribution < -0.4 is 26.4 Å². The molecule has 1 aliphatic carbocycles. The molecule has 0 bridgehead atoms. The van der Waals surface area contributed by atoms with E-state index in [-0.39, 0.29) is 23.8 Å². The molecule has 34 heavy (non-hydrogen) atoms. The van der Waals surface area contributed by atoms with Crippen LogP contribution in [-0.2, 0) is 6.54 Å². The summed E-state index contributed by atoms with van der Waals surface area (Å²) in [6.07, 6.45) is 7.35. The van der Waals surface area contributed by atoms with E-state index in [1.54, 1.807) is 40.2 Å². The Morgan fingerprint density at radius 2 is 2.00 bits per heavy atom. The Bertz CT molecular complexity index is 1310. The van der Waals surface area contributed by atoms with Gasteiger partial charge >= 0.3 is 5.69 Å². The van der Waals surface area contributed by atoms with Crippen molar-refractivity contribution in [3.8, 4) is 0 Å². The van der Waals surface area contributed by atoms with Gasteiger partial charge in [0.25, 0.3) is 11.5 Å². The SMILES string of the molecule is CCCn1c2c(c(=O)[nH]c1=O)NC(c1ccc(N(CC)C(=O)c3cccnc3)nc1)N2C1CC1. The first-order chi connectivity index (χ1) is 16.5. The van der Waals surface area contributed by atoms with Crippen molar-refractivity contribution in [2.45, 2.75) is 51.9 Å². The quantitative estimate of drug-likeness (QED) is 0.555. The molecular weight excluding hydrogens is 434 g/mol. The molecule has 3 aromatic rings. The predicted octanol–water partition coefficient (Wildman–Crippen LogP) is 2.50. The van der Waals surface area contributed by atoms with Gasteiger partial charge in [-0.05, 0) is 50.5 Å². The van der Waals surface area contributed by atoms with Gasteiger partial charge in [-0.1, -0.05) is 6.92 Å². The first-order valence-electron chi connectivity index (χ1n) is 11.6. The summed E-state index contributed by atoms with van der Waals surface area (Å²) in [6.45, 7) is 4.88. The van der Waals surface area contributed by atoms with E-state index in [0.29, 0.717) is 36.0 Å². The minimum Gasteiger partial charge on any atom is -0.354 e. The summed E-state index contributed by atoms with van der Waals surface area (Å²) in [5, 5.41) is 3.32. The van der Waals surface area contributed by atoms with E-state index in [1.165, 1.54) is 0 Å². The number of nitrogens with one attached hydrogen (secondary N) is 2. The number of fused-ring (bicyclic) bond motifs is 1. The lowest BCUT2D eigenvalue weighted by atomic mass is 10.2. The van der Waals surface area contributed by atoms with Gasteiger partial charge in [0.2, 0.25) is 0 Å². The lowest BCUT2D eigenvalue weighted by Crippen LogP contribution is -2.36. The molecule has 1 unspecified atom stereocenters. The molecule has 2 aliphatic rings. The van der Waals surface area contributed by atoms with Gasteiger partial charge in [-0.3, -0.25) is 29.0 Å². The number of hydrogen-bond donors (Lipinski definition) is 2. The van der Waals surface area contributed by atoms with Crippen LogP contribution in [0.1, 0.15) is 55.2 Å². The number of H-pyrrole nitrogens is 1. The fraction of sp³-hybridized carbons (Fsp3) is 0.375. The van der Waals surface area contributed by atoms with Gasteiger partial charge in [0, 0.05) is 43.3 Å². The van der Waals surface area contributed by atoms with Crippen LogP contribution >= 0.6 is 0 Å². The second-order valence-electron chi connectivity index (χ2n) is 8.54. The molecule has 4 heterocycles. The van der Waals surface area contributed by atoms with Gasteiger partial charge in [-0.15, -0.1) is 0 Å². The van der Waals surface area contributed by atoms with Gasteiger partial charge in [0.15, 0.2) is 0 Å². The second kappa shape index (κ2) is 8.77. The summed E-state index contributed by atoms with van der Waals surface area (Å²) >= 11 is 0. The summed E-state index contributed by atoms with van der Waals surface area (Å²) in [5.74, 6) is 1.01. The van der Waals surface area contributed by atoms with Gasteiger partial charge in [-0.2, -0.15) is 0 Å². The molecule has 1 atom stereocenters. The van der Waals surface area contributed by atoms with Crippen molar-refractivity contribution in [3.05, 3.63) is 74.8 Å². The molecular formula is C24H27N7O3. The van der Waals surface area contributed by atoms with Crippen LogP contribution in [0.25, 0.3) is 0 Å². The highest BCUT2D eigenvalue weighted by molar-refractivity contribution is 6.05. The molecule has 1 saturated carbocycles. The Morgan fingerprint density at radius 1 is 1.18 bits per heavy atom. The first-order valence-corrected chi connectivity index (χ1v) is 11.6. The number of nitrogens with zero attached hydrogens (tertiary/aromatic N) is 5. The molecule has 5 rings (SSSR count). The fourth-order valence-corrected chi connectivity index (χ4v) is 4.47. The molecule has 1 amide bonds. The Balaban J connectivity index is 1.48. The van der Waals surface area contributed by atoms with Crippen LogP contribution in [0.3, 0.4) is 0 Å². The van der Waals surface area contributed by atoms with Crippen LogP contribution in [0.5, 0.6) is 0 Å². The molecule has 0 spiro atoms. The zero-order valence-electron chi connectivity index (χ0n) is 19.2. The van der Waals surface area contributed by atoms with Crippen molar-refractivity contribution in [1.82, 2.24) is 19.5 Å². The largest absolute Gasteiger partial charge is 0.354 e. The standard InChI is InChI=1S/C24H27N7O3/c1-3-12-30-22-19(21(32)28-24(30)34)27-20(31(22)17-8-9-17)15-7-10-18(26-14-15)29(4-2)23(33)16-6-5-11-25-13-16/h5-7,10-11,13-14,17,20,27H,3-4,8-9,12H2,1-2H3,(H,28,32,34). The molecule has 1 aliphatic heterocycles. The van der Waals surface area contributed by atoms with E-state index >= 15 is 0 Å². The van der Waals surface area contributed by atoms with Crippen molar-refractivity contribution < 1.29 is 4.79 Å². The number of aromatic amines is 1. The lowest BCUT2D eigenvalue weighted by Gasteiger charge is -2.28. The summed E-state index contributed by atoms with van der Waals surface area (Å²) < 4.78 is 1.65. The highest BCUT2D eigenvalue weighted by Crippen LogP contribution is 2.45.